The van der Waals surface area contributed by atoms with Gasteiger partial charge in [-0.3, -0.25) is 9.69 Å². The predicted octanol–water partition coefficient (Wildman–Crippen LogP) is 5.01. The molecule has 8 nitrogen and oxygen atoms in total. The minimum atomic E-state index is -0.0304. The van der Waals surface area contributed by atoms with Crippen molar-refractivity contribution in [2.75, 3.05) is 33.9 Å². The monoisotopic (exact) mass is 520 g/mol. The van der Waals surface area contributed by atoms with Gasteiger partial charge < -0.3 is 19.3 Å². The van der Waals surface area contributed by atoms with Gasteiger partial charge in [-0.15, -0.1) is 0 Å². The standard InChI is InChI=1S/C30H40N4O4/c1-30(2,3)24-13-11-22(12-14-24)28-32-27(38-33-28)20-34-17-7-9-23(19-34)29(35)31-16-6-8-21-10-15-25(36-4)26(18-21)37-5/h10-15,18,23H,6-9,16-17,19-20H2,1-5H3,(H,31,35). The van der Waals surface area contributed by atoms with Crippen LogP contribution in [0.5, 0.6) is 11.5 Å². The van der Waals surface area contributed by atoms with Crippen molar-refractivity contribution in [3.05, 3.63) is 59.5 Å². The van der Waals surface area contributed by atoms with Gasteiger partial charge in [0.2, 0.25) is 17.6 Å². The first kappa shape index (κ1) is 27.6. The molecule has 1 amide bonds. The van der Waals surface area contributed by atoms with E-state index in [-0.39, 0.29) is 17.2 Å². The molecule has 2 aromatic carbocycles. The van der Waals surface area contributed by atoms with Gasteiger partial charge in [0.25, 0.3) is 0 Å². The lowest BCUT2D eigenvalue weighted by atomic mass is 9.87. The van der Waals surface area contributed by atoms with Crippen molar-refractivity contribution in [2.24, 2.45) is 5.92 Å². The third-order valence-corrected chi connectivity index (χ3v) is 7.10. The van der Waals surface area contributed by atoms with Gasteiger partial charge in [-0.2, -0.15) is 4.98 Å². The van der Waals surface area contributed by atoms with Gasteiger partial charge in [-0.25, -0.2) is 0 Å². The van der Waals surface area contributed by atoms with E-state index < -0.39 is 0 Å². The van der Waals surface area contributed by atoms with Crippen molar-refractivity contribution < 1.29 is 18.8 Å². The number of ether oxygens (including phenoxy) is 2. The molecule has 1 unspecified atom stereocenters. The first-order valence-corrected chi connectivity index (χ1v) is 13.4. The van der Waals surface area contributed by atoms with Crippen molar-refractivity contribution in [3.63, 3.8) is 0 Å². The lowest BCUT2D eigenvalue weighted by Crippen LogP contribution is -2.43. The molecule has 0 bridgehead atoms. The molecule has 1 aliphatic heterocycles. The number of nitrogens with one attached hydrogen (secondary N) is 1. The van der Waals surface area contributed by atoms with E-state index in [1.54, 1.807) is 14.2 Å². The Balaban J connectivity index is 1.23. The van der Waals surface area contributed by atoms with Gasteiger partial charge in [0.15, 0.2) is 11.5 Å². The van der Waals surface area contributed by atoms with Crippen molar-refractivity contribution in [1.82, 2.24) is 20.4 Å². The molecule has 1 atom stereocenters. The lowest BCUT2D eigenvalue weighted by Gasteiger charge is -2.30. The first-order chi connectivity index (χ1) is 18.3. The minimum absolute atomic E-state index is 0.0304. The Morgan fingerprint density at radius 2 is 1.87 bits per heavy atom. The fourth-order valence-electron chi connectivity index (χ4n) is 4.84. The molecule has 3 aromatic rings. The van der Waals surface area contributed by atoms with Crippen molar-refractivity contribution in [3.8, 4) is 22.9 Å². The second-order valence-corrected chi connectivity index (χ2v) is 11.0. The summed E-state index contributed by atoms with van der Waals surface area (Å²) in [5.74, 6) is 2.71. The Morgan fingerprint density at radius 3 is 2.58 bits per heavy atom. The van der Waals surface area contributed by atoms with E-state index in [1.165, 1.54) is 5.56 Å². The summed E-state index contributed by atoms with van der Waals surface area (Å²) < 4.78 is 16.2. The fourth-order valence-corrected chi connectivity index (χ4v) is 4.84. The summed E-state index contributed by atoms with van der Waals surface area (Å²) in [4.78, 5) is 19.7. The molecule has 1 aliphatic rings. The molecule has 0 aliphatic carbocycles. The van der Waals surface area contributed by atoms with Crippen LogP contribution in [0.3, 0.4) is 0 Å². The van der Waals surface area contributed by atoms with E-state index >= 15 is 0 Å². The number of hydrogen-bond acceptors (Lipinski definition) is 7. The van der Waals surface area contributed by atoms with Crippen LogP contribution in [0.2, 0.25) is 0 Å². The SMILES string of the molecule is COc1ccc(CCCNC(=O)C2CCCN(Cc3nc(-c4ccc(C(C)(C)C)cc4)no3)C2)cc1OC. The molecule has 0 spiro atoms. The molecular weight excluding hydrogens is 480 g/mol. The number of likely N-dealkylation sites (tertiary alicyclic amines) is 1. The molecule has 4 rings (SSSR count). The number of piperidine rings is 1. The van der Waals surface area contributed by atoms with Crippen LogP contribution in [0.15, 0.2) is 47.0 Å². The lowest BCUT2D eigenvalue weighted by molar-refractivity contribution is -0.126. The van der Waals surface area contributed by atoms with E-state index in [1.807, 2.05) is 30.3 Å². The molecule has 1 fully saturated rings. The maximum Gasteiger partial charge on any atom is 0.241 e. The fraction of sp³-hybridized carbons (Fsp3) is 0.500. The summed E-state index contributed by atoms with van der Waals surface area (Å²) in [7, 11) is 3.27. The highest BCUT2D eigenvalue weighted by molar-refractivity contribution is 5.78. The molecule has 1 aromatic heterocycles. The normalized spacial score (nSPS) is 16.3. The van der Waals surface area contributed by atoms with Gasteiger partial charge in [-0.1, -0.05) is 56.3 Å². The number of methoxy groups -OCH3 is 2. The second kappa shape index (κ2) is 12.4. The molecular formula is C30H40N4O4. The van der Waals surface area contributed by atoms with Crippen LogP contribution < -0.4 is 14.8 Å². The van der Waals surface area contributed by atoms with E-state index in [0.717, 1.165) is 54.9 Å². The summed E-state index contributed by atoms with van der Waals surface area (Å²) in [6.07, 6.45) is 3.58. The molecule has 204 valence electrons. The van der Waals surface area contributed by atoms with Gasteiger partial charge in [-0.05, 0) is 60.9 Å². The van der Waals surface area contributed by atoms with E-state index in [0.29, 0.717) is 31.3 Å². The number of carbonyl (C=O) groups excluding carboxylic acids is 1. The number of aromatic nitrogens is 2. The topological polar surface area (TPSA) is 89.7 Å². The summed E-state index contributed by atoms with van der Waals surface area (Å²) in [6, 6.07) is 14.3. The second-order valence-electron chi connectivity index (χ2n) is 11.0. The molecule has 1 N–H and O–H groups in total. The summed E-state index contributed by atoms with van der Waals surface area (Å²) in [5, 5.41) is 7.31. The van der Waals surface area contributed by atoms with Crippen LogP contribution in [-0.4, -0.2) is 54.8 Å². The van der Waals surface area contributed by atoms with Gasteiger partial charge in [0, 0.05) is 18.7 Å². The number of amides is 1. The van der Waals surface area contributed by atoms with Crippen molar-refractivity contribution >= 4 is 5.91 Å². The Labute approximate surface area is 225 Å². The van der Waals surface area contributed by atoms with Gasteiger partial charge in [0.1, 0.15) is 0 Å². The highest BCUT2D eigenvalue weighted by Gasteiger charge is 2.27. The zero-order chi connectivity index (χ0) is 27.1. The van der Waals surface area contributed by atoms with Crippen LogP contribution in [0.1, 0.15) is 57.1 Å². The maximum absolute atomic E-state index is 12.9. The third kappa shape index (κ3) is 7.13. The van der Waals surface area contributed by atoms with Crippen molar-refractivity contribution in [1.29, 1.82) is 0 Å². The van der Waals surface area contributed by atoms with Crippen molar-refractivity contribution in [2.45, 2.75) is 58.4 Å². The Kier molecular flexibility index (Phi) is 9.05. The highest BCUT2D eigenvalue weighted by atomic mass is 16.5. The molecule has 0 radical (unpaired) electrons. The number of carbonyl (C=O) groups is 1. The molecule has 2 heterocycles. The van der Waals surface area contributed by atoms with Crippen LogP contribution in [0, 0.1) is 5.92 Å². The largest absolute Gasteiger partial charge is 0.493 e. The first-order valence-electron chi connectivity index (χ1n) is 13.4. The van der Waals surface area contributed by atoms with Crippen LogP contribution in [-0.2, 0) is 23.2 Å². The average Bonchev–Trinajstić information content (AvgIpc) is 3.39. The summed E-state index contributed by atoms with van der Waals surface area (Å²) >= 11 is 0. The Morgan fingerprint density at radius 1 is 1.11 bits per heavy atom. The smallest absolute Gasteiger partial charge is 0.241 e. The maximum atomic E-state index is 12.9. The summed E-state index contributed by atoms with van der Waals surface area (Å²) in [6.45, 7) is 9.39. The van der Waals surface area contributed by atoms with Crippen LogP contribution in [0.4, 0.5) is 0 Å². The number of aryl methyl sites for hydroxylation is 1. The zero-order valence-corrected chi connectivity index (χ0v) is 23.3. The number of rotatable bonds is 10. The average molecular weight is 521 g/mol. The summed E-state index contributed by atoms with van der Waals surface area (Å²) in [5.41, 5.74) is 3.47. The zero-order valence-electron chi connectivity index (χ0n) is 23.3. The van der Waals surface area contributed by atoms with E-state index in [9.17, 15) is 4.79 Å². The number of benzene rings is 2. The van der Waals surface area contributed by atoms with Crippen LogP contribution >= 0.6 is 0 Å². The number of hydrogen-bond donors (Lipinski definition) is 1. The van der Waals surface area contributed by atoms with E-state index in [4.69, 9.17) is 14.0 Å². The third-order valence-electron chi connectivity index (χ3n) is 7.10. The Hall–Kier alpha value is -3.39. The number of nitrogens with zero attached hydrogens (tertiary/aromatic N) is 3. The molecule has 8 heteroatoms. The van der Waals surface area contributed by atoms with Gasteiger partial charge >= 0.3 is 0 Å². The molecule has 38 heavy (non-hydrogen) atoms. The Bertz CT molecular complexity index is 1200. The molecule has 0 saturated carbocycles. The predicted molar refractivity (Wildman–Crippen MR) is 147 cm³/mol. The van der Waals surface area contributed by atoms with E-state index in [2.05, 4.69) is 53.3 Å². The molecule has 1 saturated heterocycles. The van der Waals surface area contributed by atoms with Crippen LogP contribution in [0.25, 0.3) is 11.4 Å². The minimum Gasteiger partial charge on any atom is -0.493 e. The highest BCUT2D eigenvalue weighted by Crippen LogP contribution is 2.28. The van der Waals surface area contributed by atoms with Gasteiger partial charge in [0.05, 0.1) is 26.7 Å². The quantitative estimate of drug-likeness (QED) is 0.376.